The third-order valence-electron chi connectivity index (χ3n) is 3.28. The number of nitrogens with zero attached hydrogens (tertiary/aromatic N) is 1. The summed E-state index contributed by atoms with van der Waals surface area (Å²) in [6.45, 7) is 4.46. The monoisotopic (exact) mass is 219 g/mol. The Morgan fingerprint density at radius 1 is 1.31 bits per heavy atom. The molecule has 1 aliphatic heterocycles. The Kier molecular flexibility index (Phi) is 2.97. The summed E-state index contributed by atoms with van der Waals surface area (Å²) in [6, 6.07) is 7.66. The fraction of sp³-hybridized carbons (Fsp3) is 0.462. The molecule has 2 atom stereocenters. The van der Waals surface area contributed by atoms with Gasteiger partial charge in [0.05, 0.1) is 12.1 Å². The number of carbonyl (C=O) groups is 1. The third kappa shape index (κ3) is 1.83. The van der Waals surface area contributed by atoms with Crippen LogP contribution in [0.4, 0.5) is 5.69 Å². The van der Waals surface area contributed by atoms with Gasteiger partial charge >= 0.3 is 0 Å². The molecular formula is C13H17NO2. The first-order valence-corrected chi connectivity index (χ1v) is 5.68. The Morgan fingerprint density at radius 3 is 2.69 bits per heavy atom. The molecule has 2 unspecified atom stereocenters. The lowest BCUT2D eigenvalue weighted by atomic mass is 9.98. The van der Waals surface area contributed by atoms with E-state index in [1.54, 1.807) is 6.92 Å². The Bertz CT molecular complexity index is 401. The molecule has 0 saturated heterocycles. The highest BCUT2D eigenvalue weighted by molar-refractivity contribution is 6.03. The van der Waals surface area contributed by atoms with E-state index in [9.17, 15) is 9.90 Å². The SMILES string of the molecule is CC(O)C(C)N1CCC(=O)c2ccccc21. The minimum absolute atomic E-state index is 0.0363. The number of hydrogen-bond donors (Lipinski definition) is 1. The van der Waals surface area contributed by atoms with Crippen LogP contribution in [0.25, 0.3) is 0 Å². The van der Waals surface area contributed by atoms with Gasteiger partial charge < -0.3 is 10.0 Å². The molecule has 1 heterocycles. The Labute approximate surface area is 95.7 Å². The maximum atomic E-state index is 11.7. The maximum Gasteiger partial charge on any atom is 0.166 e. The fourth-order valence-corrected chi connectivity index (χ4v) is 2.12. The molecule has 1 aromatic carbocycles. The van der Waals surface area contributed by atoms with Crippen LogP contribution in [0.5, 0.6) is 0 Å². The summed E-state index contributed by atoms with van der Waals surface area (Å²) in [5.74, 6) is 0.199. The van der Waals surface area contributed by atoms with Crippen molar-refractivity contribution in [2.45, 2.75) is 32.4 Å². The predicted molar refractivity (Wildman–Crippen MR) is 63.9 cm³/mol. The lowest BCUT2D eigenvalue weighted by Gasteiger charge is -2.36. The van der Waals surface area contributed by atoms with Gasteiger partial charge in [-0.05, 0) is 26.0 Å². The number of fused-ring (bicyclic) bond motifs is 1. The molecular weight excluding hydrogens is 202 g/mol. The Morgan fingerprint density at radius 2 is 2.00 bits per heavy atom. The summed E-state index contributed by atoms with van der Waals surface area (Å²) in [7, 11) is 0. The van der Waals surface area contributed by atoms with Crippen LogP contribution in [0, 0.1) is 0 Å². The number of aliphatic hydroxyl groups is 1. The molecule has 3 nitrogen and oxygen atoms in total. The van der Waals surface area contributed by atoms with Gasteiger partial charge in [-0.2, -0.15) is 0 Å². The largest absolute Gasteiger partial charge is 0.391 e. The van der Waals surface area contributed by atoms with Gasteiger partial charge in [0.1, 0.15) is 0 Å². The van der Waals surface area contributed by atoms with E-state index in [2.05, 4.69) is 4.90 Å². The van der Waals surface area contributed by atoms with Gasteiger partial charge in [-0.1, -0.05) is 12.1 Å². The fourth-order valence-electron chi connectivity index (χ4n) is 2.12. The zero-order valence-corrected chi connectivity index (χ0v) is 9.68. The molecule has 0 spiro atoms. The average Bonchev–Trinajstić information content (AvgIpc) is 2.29. The third-order valence-corrected chi connectivity index (χ3v) is 3.28. The van der Waals surface area contributed by atoms with Crippen molar-refractivity contribution in [3.63, 3.8) is 0 Å². The molecule has 0 fully saturated rings. The summed E-state index contributed by atoms with van der Waals surface area (Å²) in [4.78, 5) is 13.8. The van der Waals surface area contributed by atoms with E-state index < -0.39 is 6.10 Å². The number of rotatable bonds is 2. The number of hydrogen-bond acceptors (Lipinski definition) is 3. The van der Waals surface area contributed by atoms with Crippen LogP contribution in [0.15, 0.2) is 24.3 Å². The number of aliphatic hydroxyl groups excluding tert-OH is 1. The van der Waals surface area contributed by atoms with E-state index in [-0.39, 0.29) is 11.8 Å². The van der Waals surface area contributed by atoms with Crippen molar-refractivity contribution in [3.05, 3.63) is 29.8 Å². The minimum Gasteiger partial charge on any atom is -0.391 e. The molecule has 1 aromatic rings. The first kappa shape index (κ1) is 11.1. The van der Waals surface area contributed by atoms with Crippen molar-refractivity contribution in [2.24, 2.45) is 0 Å². The minimum atomic E-state index is -0.402. The van der Waals surface area contributed by atoms with Crippen molar-refractivity contribution < 1.29 is 9.90 Å². The van der Waals surface area contributed by atoms with Gasteiger partial charge in [0.2, 0.25) is 0 Å². The summed E-state index contributed by atoms with van der Waals surface area (Å²) in [6.07, 6.45) is 0.134. The van der Waals surface area contributed by atoms with Crippen molar-refractivity contribution in [1.29, 1.82) is 0 Å². The smallest absolute Gasteiger partial charge is 0.166 e. The lowest BCUT2D eigenvalue weighted by molar-refractivity contribution is 0.0973. The molecule has 86 valence electrons. The van der Waals surface area contributed by atoms with E-state index in [4.69, 9.17) is 0 Å². The summed E-state index contributed by atoms with van der Waals surface area (Å²) in [5, 5.41) is 9.64. The van der Waals surface area contributed by atoms with Crippen molar-refractivity contribution in [3.8, 4) is 0 Å². The van der Waals surface area contributed by atoms with Crippen molar-refractivity contribution >= 4 is 11.5 Å². The molecule has 0 saturated carbocycles. The number of Topliss-reactive ketones (excluding diaryl/α,β-unsaturated/α-hetero) is 1. The highest BCUT2D eigenvalue weighted by Gasteiger charge is 2.27. The lowest BCUT2D eigenvalue weighted by Crippen LogP contribution is -2.44. The molecule has 0 aromatic heterocycles. The molecule has 2 rings (SSSR count). The van der Waals surface area contributed by atoms with Gasteiger partial charge in [-0.25, -0.2) is 0 Å². The quantitative estimate of drug-likeness (QED) is 0.825. The van der Waals surface area contributed by atoms with Gasteiger partial charge in [0.25, 0.3) is 0 Å². The topological polar surface area (TPSA) is 40.5 Å². The molecule has 0 radical (unpaired) electrons. The van der Waals surface area contributed by atoms with E-state index in [1.165, 1.54) is 0 Å². The summed E-state index contributed by atoms with van der Waals surface area (Å²) >= 11 is 0. The van der Waals surface area contributed by atoms with E-state index in [0.29, 0.717) is 13.0 Å². The highest BCUT2D eigenvalue weighted by Crippen LogP contribution is 2.28. The second-order valence-electron chi connectivity index (χ2n) is 4.36. The molecule has 1 N–H and O–H groups in total. The summed E-state index contributed by atoms with van der Waals surface area (Å²) in [5.41, 5.74) is 1.73. The molecule has 3 heteroatoms. The van der Waals surface area contributed by atoms with Gasteiger partial charge in [0, 0.05) is 24.2 Å². The zero-order chi connectivity index (χ0) is 11.7. The van der Waals surface area contributed by atoms with Crippen molar-refractivity contribution in [2.75, 3.05) is 11.4 Å². The van der Waals surface area contributed by atoms with Crippen LogP contribution in [0.3, 0.4) is 0 Å². The number of anilines is 1. The standard InChI is InChI=1S/C13H17NO2/c1-9(10(2)15)14-8-7-13(16)11-5-3-4-6-12(11)14/h3-6,9-10,15H,7-8H2,1-2H3. The molecule has 16 heavy (non-hydrogen) atoms. The predicted octanol–water partition coefficient (Wildman–Crippen LogP) is 1.85. The van der Waals surface area contributed by atoms with E-state index in [0.717, 1.165) is 11.3 Å². The number of para-hydroxylation sites is 1. The number of benzene rings is 1. The van der Waals surface area contributed by atoms with Gasteiger partial charge in [-0.3, -0.25) is 4.79 Å². The van der Waals surface area contributed by atoms with Gasteiger partial charge in [0.15, 0.2) is 5.78 Å². The first-order chi connectivity index (χ1) is 7.61. The van der Waals surface area contributed by atoms with Crippen LogP contribution < -0.4 is 4.90 Å². The summed E-state index contributed by atoms with van der Waals surface area (Å²) < 4.78 is 0. The van der Waals surface area contributed by atoms with Crippen LogP contribution in [-0.2, 0) is 0 Å². The van der Waals surface area contributed by atoms with E-state index in [1.807, 2.05) is 31.2 Å². The Balaban J connectivity index is 2.38. The van der Waals surface area contributed by atoms with Crippen LogP contribution in [0.1, 0.15) is 30.6 Å². The molecule has 0 bridgehead atoms. The van der Waals surface area contributed by atoms with Crippen LogP contribution in [-0.4, -0.2) is 29.6 Å². The zero-order valence-electron chi connectivity index (χ0n) is 9.68. The molecule has 1 aliphatic rings. The Hall–Kier alpha value is -1.35. The number of carbonyl (C=O) groups excluding carboxylic acids is 1. The van der Waals surface area contributed by atoms with Crippen LogP contribution >= 0.6 is 0 Å². The highest BCUT2D eigenvalue weighted by atomic mass is 16.3. The second-order valence-corrected chi connectivity index (χ2v) is 4.36. The first-order valence-electron chi connectivity index (χ1n) is 5.68. The molecule has 0 amide bonds. The maximum absolute atomic E-state index is 11.7. The molecule has 0 aliphatic carbocycles. The second kappa shape index (κ2) is 4.26. The van der Waals surface area contributed by atoms with Crippen LogP contribution in [0.2, 0.25) is 0 Å². The normalized spacial score (nSPS) is 19.2. The number of ketones is 1. The average molecular weight is 219 g/mol. The van der Waals surface area contributed by atoms with E-state index >= 15 is 0 Å². The van der Waals surface area contributed by atoms with Crippen molar-refractivity contribution in [1.82, 2.24) is 0 Å². The van der Waals surface area contributed by atoms with Gasteiger partial charge in [-0.15, -0.1) is 0 Å².